The largest absolute Gasteiger partial charge is 0.497 e. The van der Waals surface area contributed by atoms with Crippen LogP contribution in [0.1, 0.15) is 10.4 Å². The lowest BCUT2D eigenvalue weighted by Gasteiger charge is -2.00. The summed E-state index contributed by atoms with van der Waals surface area (Å²) in [6.07, 6.45) is 0. The van der Waals surface area contributed by atoms with Crippen molar-refractivity contribution >= 4 is 5.97 Å². The van der Waals surface area contributed by atoms with Gasteiger partial charge in [0, 0.05) is 25.3 Å². The Morgan fingerprint density at radius 1 is 0.960 bits per heavy atom. The highest BCUT2D eigenvalue weighted by atomic mass is 16.5. The summed E-state index contributed by atoms with van der Waals surface area (Å²) in [4.78, 5) is 10.8. The molecule has 0 fully saturated rings. The molecule has 3 aromatic rings. The molecule has 0 aliphatic carbocycles. The molecule has 0 radical (unpaired) electrons. The summed E-state index contributed by atoms with van der Waals surface area (Å²) in [7, 11) is 4.84. The fraction of sp³-hybridized carbons (Fsp3) is 0.167. The maximum absolute atomic E-state index is 10.8. The number of nitrogens with zero attached hydrogens (tertiary/aromatic N) is 2. The van der Waals surface area contributed by atoms with Gasteiger partial charge in [0.2, 0.25) is 11.8 Å². The highest BCUT2D eigenvalue weighted by Gasteiger charge is 2.12. The van der Waals surface area contributed by atoms with Gasteiger partial charge >= 0.3 is 5.97 Å². The zero-order chi connectivity index (χ0) is 18.2. The predicted octanol–water partition coefficient (Wildman–Crippen LogP) is 3.37. The van der Waals surface area contributed by atoms with Crippen LogP contribution in [0.15, 0.2) is 52.9 Å². The summed E-state index contributed by atoms with van der Waals surface area (Å²) in [6.45, 7) is 0. The molecule has 1 aromatic heterocycles. The van der Waals surface area contributed by atoms with E-state index in [1.807, 2.05) is 18.2 Å². The summed E-state index contributed by atoms with van der Waals surface area (Å²) in [6, 6.07) is 13.5. The number of hydrogen-bond acceptors (Lipinski definition) is 6. The Bertz CT molecular complexity index is 827. The van der Waals surface area contributed by atoms with Crippen LogP contribution < -0.4 is 4.74 Å². The van der Waals surface area contributed by atoms with Crippen molar-refractivity contribution in [2.45, 2.75) is 0 Å². The van der Waals surface area contributed by atoms with E-state index >= 15 is 0 Å². The molecule has 25 heavy (non-hydrogen) atoms. The van der Waals surface area contributed by atoms with E-state index in [1.165, 1.54) is 12.1 Å². The van der Waals surface area contributed by atoms with Gasteiger partial charge in [0.1, 0.15) is 5.75 Å². The second-order valence-electron chi connectivity index (χ2n) is 4.94. The Kier molecular flexibility index (Phi) is 6.25. The van der Waals surface area contributed by atoms with E-state index in [-0.39, 0.29) is 5.56 Å². The Morgan fingerprint density at radius 3 is 2.12 bits per heavy atom. The van der Waals surface area contributed by atoms with Crippen molar-refractivity contribution in [3.8, 4) is 28.7 Å². The summed E-state index contributed by atoms with van der Waals surface area (Å²) >= 11 is 0. The molecule has 7 heteroatoms. The number of aromatic nitrogens is 2. The molecule has 130 valence electrons. The van der Waals surface area contributed by atoms with E-state index in [0.29, 0.717) is 23.1 Å². The van der Waals surface area contributed by atoms with Crippen molar-refractivity contribution < 1.29 is 23.8 Å². The van der Waals surface area contributed by atoms with Crippen molar-refractivity contribution in [2.24, 2.45) is 0 Å². The van der Waals surface area contributed by atoms with Gasteiger partial charge in [0.25, 0.3) is 0 Å². The molecule has 1 N–H and O–H groups in total. The standard InChI is InChI=1S/C16H12N2O4.C2H6O/c1-21-13-4-2-3-12(9-13)15-18-17-14(22-15)10-5-7-11(8-6-10)16(19)20;1-3-2/h2-9H,1H3,(H,19,20);1-2H3. The Morgan fingerprint density at radius 2 is 1.56 bits per heavy atom. The van der Waals surface area contributed by atoms with Crippen LogP contribution in [0.3, 0.4) is 0 Å². The van der Waals surface area contributed by atoms with Gasteiger partial charge in [0.05, 0.1) is 12.7 Å². The Labute approximate surface area is 144 Å². The molecule has 7 nitrogen and oxygen atoms in total. The Hall–Kier alpha value is -3.19. The van der Waals surface area contributed by atoms with Crippen LogP contribution >= 0.6 is 0 Å². The molecule has 0 spiro atoms. The molecular weight excluding hydrogens is 324 g/mol. The van der Waals surface area contributed by atoms with Gasteiger partial charge in [-0.05, 0) is 42.5 Å². The second kappa shape index (κ2) is 8.60. The summed E-state index contributed by atoms with van der Waals surface area (Å²) < 4.78 is 15.0. The molecule has 0 aliphatic heterocycles. The first-order valence-electron chi connectivity index (χ1n) is 7.30. The van der Waals surface area contributed by atoms with Crippen molar-refractivity contribution in [3.05, 3.63) is 54.1 Å². The van der Waals surface area contributed by atoms with E-state index in [9.17, 15) is 4.79 Å². The van der Waals surface area contributed by atoms with Gasteiger partial charge in [-0.2, -0.15) is 0 Å². The molecule has 0 aliphatic rings. The number of benzene rings is 2. The molecule has 0 saturated heterocycles. The van der Waals surface area contributed by atoms with Crippen LogP contribution in [0.25, 0.3) is 22.9 Å². The lowest BCUT2D eigenvalue weighted by molar-refractivity contribution is 0.0697. The van der Waals surface area contributed by atoms with E-state index in [0.717, 1.165) is 5.56 Å². The van der Waals surface area contributed by atoms with Gasteiger partial charge in [-0.15, -0.1) is 10.2 Å². The maximum Gasteiger partial charge on any atom is 0.335 e. The summed E-state index contributed by atoms with van der Waals surface area (Å²) in [5.41, 5.74) is 1.61. The average Bonchev–Trinajstić information content (AvgIpc) is 3.13. The maximum atomic E-state index is 10.8. The van der Waals surface area contributed by atoms with Gasteiger partial charge in [0.15, 0.2) is 0 Å². The smallest absolute Gasteiger partial charge is 0.335 e. The molecular formula is C18H18N2O5. The first kappa shape index (κ1) is 18.2. The number of carbonyl (C=O) groups is 1. The first-order valence-corrected chi connectivity index (χ1v) is 7.30. The zero-order valence-corrected chi connectivity index (χ0v) is 14.1. The van der Waals surface area contributed by atoms with E-state index < -0.39 is 5.97 Å². The van der Waals surface area contributed by atoms with Gasteiger partial charge < -0.3 is 19.0 Å². The number of rotatable bonds is 4. The molecule has 1 heterocycles. The fourth-order valence-electron chi connectivity index (χ4n) is 1.97. The number of ether oxygens (including phenoxy) is 2. The van der Waals surface area contributed by atoms with Crippen LogP contribution in [0, 0.1) is 0 Å². The highest BCUT2D eigenvalue weighted by molar-refractivity contribution is 5.88. The molecule has 2 aromatic carbocycles. The van der Waals surface area contributed by atoms with Crippen molar-refractivity contribution in [2.75, 3.05) is 21.3 Å². The van der Waals surface area contributed by atoms with Crippen LogP contribution in [0.4, 0.5) is 0 Å². The number of hydrogen-bond donors (Lipinski definition) is 1. The predicted molar refractivity (Wildman–Crippen MR) is 91.6 cm³/mol. The number of aromatic carboxylic acids is 1. The van der Waals surface area contributed by atoms with Crippen molar-refractivity contribution in [1.29, 1.82) is 0 Å². The molecule has 0 bridgehead atoms. The first-order chi connectivity index (χ1) is 12.1. The van der Waals surface area contributed by atoms with Crippen molar-refractivity contribution in [3.63, 3.8) is 0 Å². The fourth-order valence-corrected chi connectivity index (χ4v) is 1.97. The third-order valence-electron chi connectivity index (χ3n) is 3.12. The second-order valence-corrected chi connectivity index (χ2v) is 4.94. The number of carboxylic acid groups (broad SMARTS) is 1. The lowest BCUT2D eigenvalue weighted by Crippen LogP contribution is -1.94. The number of carboxylic acids is 1. The molecule has 0 unspecified atom stereocenters. The topological polar surface area (TPSA) is 94.7 Å². The molecule has 3 rings (SSSR count). The van der Waals surface area contributed by atoms with Gasteiger partial charge in [-0.3, -0.25) is 0 Å². The summed E-state index contributed by atoms with van der Waals surface area (Å²) in [5.74, 6) is 0.420. The number of methoxy groups -OCH3 is 2. The van der Waals surface area contributed by atoms with Crippen LogP contribution in [-0.2, 0) is 4.74 Å². The minimum Gasteiger partial charge on any atom is -0.497 e. The van der Waals surface area contributed by atoms with E-state index in [4.69, 9.17) is 14.3 Å². The van der Waals surface area contributed by atoms with E-state index in [2.05, 4.69) is 14.9 Å². The lowest BCUT2D eigenvalue weighted by atomic mass is 10.1. The average molecular weight is 342 g/mol. The normalized spacial score (nSPS) is 9.88. The summed E-state index contributed by atoms with van der Waals surface area (Å²) in [5, 5.41) is 16.9. The highest BCUT2D eigenvalue weighted by Crippen LogP contribution is 2.26. The minimum atomic E-state index is -0.978. The van der Waals surface area contributed by atoms with Crippen molar-refractivity contribution in [1.82, 2.24) is 10.2 Å². The SMILES string of the molecule is COC.COc1cccc(-c2nnc(-c3ccc(C(=O)O)cc3)o2)c1. The molecule has 0 atom stereocenters. The van der Waals surface area contributed by atoms with Crippen LogP contribution in [0.2, 0.25) is 0 Å². The molecule has 0 saturated carbocycles. The Balaban J connectivity index is 0.000000701. The van der Waals surface area contributed by atoms with Gasteiger partial charge in [-0.25, -0.2) is 4.79 Å². The van der Waals surface area contributed by atoms with Crippen LogP contribution in [-0.4, -0.2) is 42.6 Å². The minimum absolute atomic E-state index is 0.205. The zero-order valence-electron chi connectivity index (χ0n) is 14.1. The van der Waals surface area contributed by atoms with Gasteiger partial charge in [-0.1, -0.05) is 6.07 Å². The quantitative estimate of drug-likeness (QED) is 0.776. The monoisotopic (exact) mass is 342 g/mol. The van der Waals surface area contributed by atoms with Crippen LogP contribution in [0.5, 0.6) is 5.75 Å². The molecule has 0 amide bonds. The third kappa shape index (κ3) is 4.65. The third-order valence-corrected chi connectivity index (χ3v) is 3.12. The van der Waals surface area contributed by atoms with E-state index in [1.54, 1.807) is 39.5 Å².